The summed E-state index contributed by atoms with van der Waals surface area (Å²) in [6.07, 6.45) is 3.47. The van der Waals surface area contributed by atoms with Crippen molar-refractivity contribution in [1.29, 1.82) is 0 Å². The van der Waals surface area contributed by atoms with Crippen molar-refractivity contribution in [3.05, 3.63) is 36.2 Å². The van der Waals surface area contributed by atoms with Crippen molar-refractivity contribution in [3.8, 4) is 5.75 Å². The molecule has 1 heterocycles. The minimum absolute atomic E-state index is 0.489. The first-order valence-corrected chi connectivity index (χ1v) is 4.50. The molecule has 13 heavy (non-hydrogen) atoms. The Bertz CT molecular complexity index is 342. The van der Waals surface area contributed by atoms with Crippen LogP contribution >= 0.6 is 0 Å². The van der Waals surface area contributed by atoms with Crippen LogP contribution in [0.2, 0.25) is 0 Å². The fourth-order valence-electron chi connectivity index (χ4n) is 1.48. The van der Waals surface area contributed by atoms with Gasteiger partial charge in [0.15, 0.2) is 5.75 Å². The molecule has 1 N–H and O–H groups in total. The van der Waals surface area contributed by atoms with Gasteiger partial charge < -0.3 is 10.1 Å². The fourth-order valence-corrected chi connectivity index (χ4v) is 1.48. The highest BCUT2D eigenvalue weighted by molar-refractivity contribution is 5.63. The van der Waals surface area contributed by atoms with Crippen LogP contribution in [0.25, 0.3) is 0 Å². The maximum atomic E-state index is 5.47. The van der Waals surface area contributed by atoms with Crippen LogP contribution < -0.4 is 10.1 Å². The van der Waals surface area contributed by atoms with Crippen molar-refractivity contribution in [2.45, 2.75) is 19.8 Å². The number of para-hydroxylation sites is 1. The second kappa shape index (κ2) is 3.13. The van der Waals surface area contributed by atoms with Crippen molar-refractivity contribution in [3.63, 3.8) is 0 Å². The Morgan fingerprint density at radius 2 is 2.15 bits per heavy atom. The van der Waals surface area contributed by atoms with Crippen molar-refractivity contribution in [2.24, 2.45) is 0 Å². The Balaban J connectivity index is 2.49. The Kier molecular flexibility index (Phi) is 1.97. The molecule has 1 aliphatic rings. The minimum Gasteiger partial charge on any atom is -0.461 e. The van der Waals surface area contributed by atoms with Crippen LogP contribution in [0, 0.1) is 0 Å². The van der Waals surface area contributed by atoms with Gasteiger partial charge in [0.1, 0.15) is 6.26 Å². The lowest BCUT2D eigenvalue weighted by atomic mass is 10.0. The second-order valence-electron chi connectivity index (χ2n) is 3.44. The smallest absolute Gasteiger partial charge is 0.153 e. The van der Waals surface area contributed by atoms with Crippen LogP contribution in [0.4, 0.5) is 5.69 Å². The normalized spacial score (nSPS) is 13.5. The molecule has 0 saturated carbocycles. The van der Waals surface area contributed by atoms with E-state index in [4.69, 9.17) is 4.74 Å². The molecule has 2 heteroatoms. The van der Waals surface area contributed by atoms with E-state index in [0.717, 1.165) is 11.4 Å². The highest BCUT2D eigenvalue weighted by atomic mass is 16.5. The number of hydrogen-bond donors (Lipinski definition) is 1. The van der Waals surface area contributed by atoms with E-state index >= 15 is 0 Å². The molecule has 1 aromatic carbocycles. The third-order valence-corrected chi connectivity index (χ3v) is 2.16. The lowest BCUT2D eigenvalue weighted by molar-refractivity contribution is 0.467. The van der Waals surface area contributed by atoms with Gasteiger partial charge in [0.05, 0.1) is 5.69 Å². The summed E-state index contributed by atoms with van der Waals surface area (Å²) in [4.78, 5) is 0. The van der Waals surface area contributed by atoms with Gasteiger partial charge in [-0.25, -0.2) is 0 Å². The van der Waals surface area contributed by atoms with Gasteiger partial charge in [-0.2, -0.15) is 0 Å². The predicted octanol–water partition coefficient (Wildman–Crippen LogP) is 3.09. The zero-order valence-corrected chi connectivity index (χ0v) is 7.87. The Hall–Kier alpha value is -1.44. The van der Waals surface area contributed by atoms with E-state index < -0.39 is 0 Å². The summed E-state index contributed by atoms with van der Waals surface area (Å²) < 4.78 is 5.47. The number of rotatable bonds is 1. The molecule has 0 bridgehead atoms. The van der Waals surface area contributed by atoms with Crippen LogP contribution in [-0.2, 0) is 0 Å². The number of ether oxygens (including phenoxy) is 1. The average Bonchev–Trinajstić information content (AvgIpc) is 2.17. The van der Waals surface area contributed by atoms with E-state index in [2.05, 4.69) is 25.2 Å². The summed E-state index contributed by atoms with van der Waals surface area (Å²) in [6.45, 7) is 4.33. The number of nitrogens with one attached hydrogen (secondary N) is 1. The molecule has 1 aliphatic heterocycles. The van der Waals surface area contributed by atoms with Gasteiger partial charge >= 0.3 is 0 Å². The maximum Gasteiger partial charge on any atom is 0.153 e. The quantitative estimate of drug-likeness (QED) is 0.708. The third kappa shape index (κ3) is 1.39. The molecule has 68 valence electrons. The molecule has 2 rings (SSSR count). The van der Waals surface area contributed by atoms with E-state index in [-0.39, 0.29) is 0 Å². The zero-order valence-electron chi connectivity index (χ0n) is 7.87. The first-order valence-electron chi connectivity index (χ1n) is 4.50. The van der Waals surface area contributed by atoms with Gasteiger partial charge in [-0.15, -0.1) is 0 Å². The molecule has 1 aromatic rings. The maximum absolute atomic E-state index is 5.47. The summed E-state index contributed by atoms with van der Waals surface area (Å²) in [5.41, 5.74) is 2.29. The van der Waals surface area contributed by atoms with E-state index in [0.29, 0.717) is 5.92 Å². The number of anilines is 1. The van der Waals surface area contributed by atoms with Gasteiger partial charge in [0, 0.05) is 6.20 Å². The van der Waals surface area contributed by atoms with Gasteiger partial charge in [-0.3, -0.25) is 0 Å². The number of hydrogen-bond acceptors (Lipinski definition) is 2. The summed E-state index contributed by atoms with van der Waals surface area (Å²) in [6, 6.07) is 6.17. The molecule has 0 amide bonds. The second-order valence-corrected chi connectivity index (χ2v) is 3.44. The van der Waals surface area contributed by atoms with Crippen LogP contribution in [0.5, 0.6) is 5.75 Å². The first kappa shape index (κ1) is 8.17. The molecule has 0 atom stereocenters. The van der Waals surface area contributed by atoms with Crippen LogP contribution in [0.15, 0.2) is 30.7 Å². The topological polar surface area (TPSA) is 21.3 Å². The van der Waals surface area contributed by atoms with Crippen molar-refractivity contribution in [1.82, 2.24) is 0 Å². The standard InChI is InChI=1S/C11H13NO/c1-8(2)9-4-3-5-10-11(9)13-7-6-12-10/h3-8,12H,1-2H3. The Morgan fingerprint density at radius 1 is 1.31 bits per heavy atom. The summed E-state index contributed by atoms with van der Waals surface area (Å²) in [5.74, 6) is 1.45. The van der Waals surface area contributed by atoms with Crippen LogP contribution in [-0.4, -0.2) is 0 Å². The van der Waals surface area contributed by atoms with Gasteiger partial charge in [-0.05, 0) is 17.5 Å². The highest BCUT2D eigenvalue weighted by Gasteiger charge is 2.13. The van der Waals surface area contributed by atoms with Gasteiger partial charge in [-0.1, -0.05) is 26.0 Å². The summed E-state index contributed by atoms with van der Waals surface area (Å²) in [5, 5.41) is 3.15. The van der Waals surface area contributed by atoms with Crippen molar-refractivity contribution >= 4 is 5.69 Å². The predicted molar refractivity (Wildman–Crippen MR) is 53.9 cm³/mol. The molecule has 0 fully saturated rings. The highest BCUT2D eigenvalue weighted by Crippen LogP contribution is 2.35. The van der Waals surface area contributed by atoms with E-state index in [9.17, 15) is 0 Å². The van der Waals surface area contributed by atoms with E-state index in [1.54, 1.807) is 12.5 Å². The molecule has 0 aliphatic carbocycles. The Morgan fingerprint density at radius 3 is 2.92 bits per heavy atom. The molecule has 0 radical (unpaired) electrons. The van der Waals surface area contributed by atoms with Gasteiger partial charge in [0.25, 0.3) is 0 Å². The zero-order chi connectivity index (χ0) is 9.26. The van der Waals surface area contributed by atoms with Crippen LogP contribution in [0.1, 0.15) is 25.3 Å². The molecular weight excluding hydrogens is 162 g/mol. The first-order chi connectivity index (χ1) is 6.29. The summed E-state index contributed by atoms with van der Waals surface area (Å²) in [7, 11) is 0. The SMILES string of the molecule is CC(C)c1cccc2c1OC=CN2. The number of fused-ring (bicyclic) bond motifs is 1. The lowest BCUT2D eigenvalue weighted by Gasteiger charge is -2.18. The Labute approximate surface area is 78.2 Å². The van der Waals surface area contributed by atoms with Crippen LogP contribution in [0.3, 0.4) is 0 Å². The van der Waals surface area contributed by atoms with E-state index in [1.807, 2.05) is 12.1 Å². The van der Waals surface area contributed by atoms with Crippen molar-refractivity contribution in [2.75, 3.05) is 5.32 Å². The van der Waals surface area contributed by atoms with Gasteiger partial charge in [0.2, 0.25) is 0 Å². The fraction of sp³-hybridized carbons (Fsp3) is 0.273. The molecular formula is C11H13NO. The van der Waals surface area contributed by atoms with E-state index in [1.165, 1.54) is 5.56 Å². The van der Waals surface area contributed by atoms with Crippen molar-refractivity contribution < 1.29 is 4.74 Å². The molecule has 0 spiro atoms. The molecule has 2 nitrogen and oxygen atoms in total. The third-order valence-electron chi connectivity index (χ3n) is 2.16. The molecule has 0 aromatic heterocycles. The average molecular weight is 175 g/mol. The minimum atomic E-state index is 0.489. The summed E-state index contributed by atoms with van der Waals surface area (Å²) >= 11 is 0. The number of benzene rings is 1. The largest absolute Gasteiger partial charge is 0.461 e. The molecule has 0 saturated heterocycles. The molecule has 0 unspecified atom stereocenters. The lowest BCUT2D eigenvalue weighted by Crippen LogP contribution is -2.03. The monoisotopic (exact) mass is 175 g/mol.